The number of hydrogen-bond donors (Lipinski definition) is 1. The zero-order chi connectivity index (χ0) is 13.3. The molecule has 0 saturated heterocycles. The molecule has 0 atom stereocenters. The summed E-state index contributed by atoms with van der Waals surface area (Å²) in [4.78, 5) is -0.101. The van der Waals surface area contributed by atoms with Crippen molar-refractivity contribution in [1.29, 1.82) is 0 Å². The lowest BCUT2D eigenvalue weighted by Crippen LogP contribution is -2.13. The summed E-state index contributed by atoms with van der Waals surface area (Å²) in [6.45, 7) is 0. The second-order valence-electron chi connectivity index (χ2n) is 3.04. The number of sulfonamides is 1. The Balaban J connectivity index is 2.33. The van der Waals surface area contributed by atoms with E-state index in [1.54, 1.807) is 0 Å². The molecule has 2 rings (SSSR count). The Morgan fingerprint density at radius 2 is 1.89 bits per heavy atom. The molecule has 0 spiro atoms. The van der Waals surface area contributed by atoms with Crippen molar-refractivity contribution in [2.45, 2.75) is 4.90 Å². The fourth-order valence-corrected chi connectivity index (χ4v) is 4.32. The average molecular weight is 345 g/mol. The van der Waals surface area contributed by atoms with E-state index in [2.05, 4.69) is 14.9 Å². The predicted molar refractivity (Wildman–Crippen MR) is 72.2 cm³/mol. The fourth-order valence-electron chi connectivity index (χ4n) is 1.07. The number of hydrogen-bond acceptors (Lipinski definition) is 5. The van der Waals surface area contributed by atoms with E-state index in [1.807, 2.05) is 0 Å². The number of nitrogens with one attached hydrogen (secondary N) is 1. The van der Waals surface area contributed by atoms with E-state index in [0.717, 1.165) is 11.3 Å². The molecule has 0 unspecified atom stereocenters. The molecule has 2 heterocycles. The molecule has 2 aromatic heterocycles. The van der Waals surface area contributed by atoms with Gasteiger partial charge >= 0.3 is 0 Å². The molecule has 0 aliphatic heterocycles. The van der Waals surface area contributed by atoms with Crippen LogP contribution in [-0.4, -0.2) is 18.6 Å². The summed E-state index contributed by atoms with van der Waals surface area (Å²) >= 11 is 18.0. The highest BCUT2D eigenvalue weighted by Crippen LogP contribution is 2.34. The maximum atomic E-state index is 12.0. The average Bonchev–Trinajstić information content (AvgIpc) is 2.62. The summed E-state index contributed by atoms with van der Waals surface area (Å²) in [5.74, 6) is 0.0396. The second-order valence-corrected chi connectivity index (χ2v) is 7.36. The number of halogens is 3. The van der Waals surface area contributed by atoms with E-state index in [9.17, 15) is 8.42 Å². The zero-order valence-electron chi connectivity index (χ0n) is 8.39. The highest BCUT2D eigenvalue weighted by molar-refractivity contribution is 7.93. The highest BCUT2D eigenvalue weighted by Gasteiger charge is 2.21. The molecule has 0 saturated carbocycles. The van der Waals surface area contributed by atoms with Crippen molar-refractivity contribution in [2.75, 3.05) is 4.72 Å². The first kappa shape index (κ1) is 13.8. The fraction of sp³-hybridized carbons (Fsp3) is 0. The Morgan fingerprint density at radius 3 is 2.39 bits per heavy atom. The molecule has 1 N–H and O–H groups in total. The molecule has 0 aliphatic rings. The summed E-state index contributed by atoms with van der Waals surface area (Å²) in [6.07, 6.45) is 0. The second kappa shape index (κ2) is 5.18. The number of anilines is 1. The van der Waals surface area contributed by atoms with Crippen LogP contribution in [0.4, 0.5) is 5.82 Å². The quantitative estimate of drug-likeness (QED) is 0.927. The normalized spacial score (nSPS) is 11.5. The van der Waals surface area contributed by atoms with E-state index in [1.165, 1.54) is 18.2 Å². The Morgan fingerprint density at radius 1 is 1.17 bits per heavy atom. The van der Waals surface area contributed by atoms with Crippen molar-refractivity contribution in [2.24, 2.45) is 0 Å². The van der Waals surface area contributed by atoms with Crippen molar-refractivity contribution in [1.82, 2.24) is 10.2 Å². The van der Waals surface area contributed by atoms with E-state index < -0.39 is 10.0 Å². The molecule has 10 heteroatoms. The third-order valence-corrected chi connectivity index (χ3v) is 5.10. The largest absolute Gasteiger partial charge is 0.265 e. The van der Waals surface area contributed by atoms with Crippen LogP contribution in [-0.2, 0) is 10.0 Å². The molecule has 18 heavy (non-hydrogen) atoms. The van der Waals surface area contributed by atoms with Crippen molar-refractivity contribution in [3.63, 3.8) is 0 Å². The Labute approximate surface area is 122 Å². The summed E-state index contributed by atoms with van der Waals surface area (Å²) < 4.78 is 26.5. The first-order valence-electron chi connectivity index (χ1n) is 4.35. The Hall–Kier alpha value is -0.600. The minimum atomic E-state index is -3.84. The van der Waals surface area contributed by atoms with E-state index in [0.29, 0.717) is 0 Å². The maximum Gasteiger partial charge on any atom is 0.265 e. The van der Waals surface area contributed by atoms with Gasteiger partial charge in [-0.05, 0) is 18.2 Å². The number of thiophene rings is 1. The van der Waals surface area contributed by atoms with Crippen LogP contribution in [0.3, 0.4) is 0 Å². The van der Waals surface area contributed by atoms with Gasteiger partial charge in [0.15, 0.2) is 11.0 Å². The number of nitrogens with zero attached hydrogens (tertiary/aromatic N) is 2. The molecule has 0 bridgehead atoms. The standard InChI is InChI=1S/C8H4Cl3N3O2S2/c9-5-1-2-7(13-12-5)14-18(15,16)4-3-6(10)17-8(4)11/h1-3H,(H,13,14). The highest BCUT2D eigenvalue weighted by atomic mass is 35.5. The van der Waals surface area contributed by atoms with Crippen LogP contribution in [0.15, 0.2) is 23.1 Å². The summed E-state index contributed by atoms with van der Waals surface area (Å²) in [7, 11) is -3.84. The topological polar surface area (TPSA) is 72.0 Å². The number of rotatable bonds is 3. The molecule has 96 valence electrons. The van der Waals surface area contributed by atoms with E-state index in [-0.39, 0.29) is 24.5 Å². The molecular weight excluding hydrogens is 341 g/mol. The first-order valence-corrected chi connectivity index (χ1v) is 7.79. The summed E-state index contributed by atoms with van der Waals surface area (Å²) in [5.41, 5.74) is 0. The molecule has 0 amide bonds. The molecule has 2 aromatic rings. The van der Waals surface area contributed by atoms with Crippen molar-refractivity contribution in [3.8, 4) is 0 Å². The van der Waals surface area contributed by atoms with Crippen LogP contribution < -0.4 is 4.72 Å². The Bertz CT molecular complexity index is 669. The molecular formula is C8H4Cl3N3O2S2. The van der Waals surface area contributed by atoms with Gasteiger partial charge in [0.2, 0.25) is 0 Å². The lowest BCUT2D eigenvalue weighted by atomic mass is 10.5. The minimum absolute atomic E-state index is 0.0396. The maximum absolute atomic E-state index is 12.0. The number of aromatic nitrogens is 2. The van der Waals surface area contributed by atoms with Gasteiger partial charge in [-0.3, -0.25) is 4.72 Å². The molecule has 5 nitrogen and oxygen atoms in total. The van der Waals surface area contributed by atoms with Gasteiger partial charge in [-0.15, -0.1) is 21.5 Å². The summed E-state index contributed by atoms with van der Waals surface area (Å²) in [5, 5.41) is 7.26. The van der Waals surface area contributed by atoms with Crippen LogP contribution in [0.1, 0.15) is 0 Å². The first-order chi connectivity index (χ1) is 8.38. The molecule has 0 aromatic carbocycles. The van der Waals surface area contributed by atoms with Gasteiger partial charge in [-0.25, -0.2) is 8.42 Å². The van der Waals surface area contributed by atoms with Crippen LogP contribution in [0.2, 0.25) is 13.8 Å². The summed E-state index contributed by atoms with van der Waals surface area (Å²) in [6, 6.07) is 4.06. The zero-order valence-corrected chi connectivity index (χ0v) is 12.3. The van der Waals surface area contributed by atoms with Crippen molar-refractivity contribution >= 4 is 62.0 Å². The SMILES string of the molecule is O=S(=O)(Nc1ccc(Cl)nn1)c1cc(Cl)sc1Cl. The monoisotopic (exact) mass is 343 g/mol. The smallest absolute Gasteiger partial charge is 0.262 e. The van der Waals surface area contributed by atoms with Gasteiger partial charge in [-0.2, -0.15) is 0 Å². The third kappa shape index (κ3) is 3.04. The molecule has 0 fully saturated rings. The van der Waals surface area contributed by atoms with Gasteiger partial charge in [0.25, 0.3) is 10.0 Å². The van der Waals surface area contributed by atoms with Gasteiger partial charge in [0.05, 0.1) is 4.34 Å². The van der Waals surface area contributed by atoms with Gasteiger partial charge in [0, 0.05) is 0 Å². The molecule has 0 radical (unpaired) electrons. The van der Waals surface area contributed by atoms with E-state index in [4.69, 9.17) is 34.8 Å². The lowest BCUT2D eigenvalue weighted by molar-refractivity contribution is 0.601. The lowest BCUT2D eigenvalue weighted by Gasteiger charge is -2.05. The predicted octanol–water partition coefficient (Wildman–Crippen LogP) is 3.30. The van der Waals surface area contributed by atoms with Crippen LogP contribution in [0, 0.1) is 0 Å². The van der Waals surface area contributed by atoms with Gasteiger partial charge < -0.3 is 0 Å². The van der Waals surface area contributed by atoms with Crippen molar-refractivity contribution in [3.05, 3.63) is 32.0 Å². The molecule has 0 aliphatic carbocycles. The van der Waals surface area contributed by atoms with Crippen LogP contribution >= 0.6 is 46.1 Å². The van der Waals surface area contributed by atoms with Crippen LogP contribution in [0.25, 0.3) is 0 Å². The third-order valence-electron chi connectivity index (χ3n) is 1.79. The Kier molecular flexibility index (Phi) is 3.98. The van der Waals surface area contributed by atoms with Crippen LogP contribution in [0.5, 0.6) is 0 Å². The minimum Gasteiger partial charge on any atom is -0.262 e. The van der Waals surface area contributed by atoms with E-state index >= 15 is 0 Å². The van der Waals surface area contributed by atoms with Gasteiger partial charge in [0.1, 0.15) is 9.23 Å². The van der Waals surface area contributed by atoms with Crippen molar-refractivity contribution < 1.29 is 8.42 Å². The van der Waals surface area contributed by atoms with Gasteiger partial charge in [-0.1, -0.05) is 34.8 Å².